The van der Waals surface area contributed by atoms with Crippen LogP contribution in [0.3, 0.4) is 0 Å². The van der Waals surface area contributed by atoms with Crippen molar-refractivity contribution in [3.8, 4) is 5.75 Å². The highest BCUT2D eigenvalue weighted by molar-refractivity contribution is 6.32. The molecule has 0 unspecified atom stereocenters. The number of para-hydroxylation sites is 1. The normalized spacial score (nSPS) is 14.6. The van der Waals surface area contributed by atoms with E-state index in [1.807, 2.05) is 0 Å². The number of ether oxygens (including phenoxy) is 1. The number of hydrogen-bond acceptors (Lipinski definition) is 5. The SMILES string of the molecule is COc1c(Cl)cccc1NC1=CC(=O)N(CCO)C1=O. The van der Waals surface area contributed by atoms with Gasteiger partial charge in [-0.2, -0.15) is 0 Å². The Bertz CT molecular complexity index is 586. The van der Waals surface area contributed by atoms with Crippen LogP contribution in [0.2, 0.25) is 5.02 Å². The van der Waals surface area contributed by atoms with Crippen molar-refractivity contribution >= 4 is 29.1 Å². The first-order valence-electron chi connectivity index (χ1n) is 5.86. The molecule has 20 heavy (non-hydrogen) atoms. The molecule has 0 fully saturated rings. The summed E-state index contributed by atoms with van der Waals surface area (Å²) in [5.74, 6) is -0.574. The van der Waals surface area contributed by atoms with Crippen molar-refractivity contribution in [2.24, 2.45) is 0 Å². The van der Waals surface area contributed by atoms with Crippen LogP contribution < -0.4 is 10.1 Å². The number of carbonyl (C=O) groups excluding carboxylic acids is 2. The van der Waals surface area contributed by atoms with Gasteiger partial charge in [-0.05, 0) is 12.1 Å². The molecule has 0 saturated heterocycles. The van der Waals surface area contributed by atoms with Crippen molar-refractivity contribution in [1.29, 1.82) is 0 Å². The zero-order valence-corrected chi connectivity index (χ0v) is 11.5. The standard InChI is InChI=1S/C13H13ClN2O4/c1-20-12-8(14)3-2-4-9(12)15-10-7-11(18)16(5-6-17)13(10)19/h2-4,7,15,17H,5-6H2,1H3. The predicted octanol–water partition coefficient (Wildman–Crippen LogP) is 1.01. The average Bonchev–Trinajstić information content (AvgIpc) is 2.67. The maximum absolute atomic E-state index is 12.0. The van der Waals surface area contributed by atoms with Gasteiger partial charge in [-0.1, -0.05) is 17.7 Å². The van der Waals surface area contributed by atoms with Crippen LogP contribution in [0.15, 0.2) is 30.0 Å². The molecule has 1 aromatic carbocycles. The molecule has 0 bridgehead atoms. The summed E-state index contributed by atoms with van der Waals surface area (Å²) < 4.78 is 5.15. The number of methoxy groups -OCH3 is 1. The Labute approximate surface area is 120 Å². The number of aliphatic hydroxyl groups excluding tert-OH is 1. The highest BCUT2D eigenvalue weighted by atomic mass is 35.5. The molecular formula is C13H13ClN2O4. The molecule has 7 heteroatoms. The summed E-state index contributed by atoms with van der Waals surface area (Å²) in [7, 11) is 1.46. The van der Waals surface area contributed by atoms with E-state index < -0.39 is 11.8 Å². The molecule has 0 aliphatic carbocycles. The number of nitrogens with one attached hydrogen (secondary N) is 1. The van der Waals surface area contributed by atoms with Gasteiger partial charge >= 0.3 is 0 Å². The molecule has 1 aromatic rings. The maximum Gasteiger partial charge on any atom is 0.277 e. The van der Waals surface area contributed by atoms with Gasteiger partial charge in [-0.25, -0.2) is 0 Å². The number of anilines is 1. The molecule has 0 spiro atoms. The van der Waals surface area contributed by atoms with Gasteiger partial charge in [0.15, 0.2) is 5.75 Å². The minimum atomic E-state index is -0.494. The number of β-amino-alcohol motifs (C(OH)–C–C–N with tert-alkyl or cyclic N) is 1. The number of aliphatic hydroxyl groups is 1. The quantitative estimate of drug-likeness (QED) is 0.793. The number of nitrogens with zero attached hydrogens (tertiary/aromatic N) is 1. The van der Waals surface area contributed by atoms with Gasteiger partial charge in [0.1, 0.15) is 5.70 Å². The lowest BCUT2D eigenvalue weighted by Gasteiger charge is -2.15. The number of carbonyl (C=O) groups is 2. The summed E-state index contributed by atoms with van der Waals surface area (Å²) in [5.41, 5.74) is 0.599. The van der Waals surface area contributed by atoms with Gasteiger partial charge in [0.25, 0.3) is 11.8 Å². The molecule has 6 nitrogen and oxygen atoms in total. The largest absolute Gasteiger partial charge is 0.493 e. The molecule has 2 rings (SSSR count). The Morgan fingerprint density at radius 1 is 1.40 bits per heavy atom. The summed E-state index contributed by atoms with van der Waals surface area (Å²) in [4.78, 5) is 24.6. The van der Waals surface area contributed by atoms with E-state index in [0.29, 0.717) is 16.5 Å². The monoisotopic (exact) mass is 296 g/mol. The Morgan fingerprint density at radius 2 is 2.15 bits per heavy atom. The lowest BCUT2D eigenvalue weighted by molar-refractivity contribution is -0.137. The topological polar surface area (TPSA) is 78.9 Å². The van der Waals surface area contributed by atoms with Gasteiger partial charge in [-0.15, -0.1) is 0 Å². The molecule has 2 N–H and O–H groups in total. The highest BCUT2D eigenvalue weighted by Gasteiger charge is 2.31. The van der Waals surface area contributed by atoms with Crippen LogP contribution in [-0.2, 0) is 9.59 Å². The van der Waals surface area contributed by atoms with E-state index in [1.54, 1.807) is 18.2 Å². The molecule has 0 aromatic heterocycles. The molecule has 0 radical (unpaired) electrons. The van der Waals surface area contributed by atoms with Crippen molar-refractivity contribution in [1.82, 2.24) is 4.90 Å². The van der Waals surface area contributed by atoms with E-state index in [9.17, 15) is 9.59 Å². The minimum absolute atomic E-state index is 0.0357. The zero-order valence-electron chi connectivity index (χ0n) is 10.7. The molecule has 1 heterocycles. The Kier molecular flexibility index (Phi) is 4.26. The number of amides is 2. The summed E-state index contributed by atoms with van der Waals surface area (Å²) in [6.07, 6.45) is 1.18. The van der Waals surface area contributed by atoms with E-state index in [2.05, 4.69) is 5.32 Å². The molecule has 2 amide bonds. The summed E-state index contributed by atoms with van der Waals surface area (Å²) in [6.45, 7) is -0.314. The van der Waals surface area contributed by atoms with Crippen LogP contribution in [0.25, 0.3) is 0 Å². The third-order valence-electron chi connectivity index (χ3n) is 2.77. The lowest BCUT2D eigenvalue weighted by Crippen LogP contribution is -2.34. The van der Waals surface area contributed by atoms with Crippen molar-refractivity contribution in [2.75, 3.05) is 25.6 Å². The van der Waals surface area contributed by atoms with Crippen LogP contribution >= 0.6 is 11.6 Å². The van der Waals surface area contributed by atoms with E-state index >= 15 is 0 Å². The first kappa shape index (κ1) is 14.4. The summed E-state index contributed by atoms with van der Waals surface area (Å²) in [6, 6.07) is 5.03. The van der Waals surface area contributed by atoms with Crippen molar-refractivity contribution < 1.29 is 19.4 Å². The number of imide groups is 1. The first-order valence-corrected chi connectivity index (χ1v) is 6.24. The number of rotatable bonds is 5. The van der Waals surface area contributed by atoms with Crippen molar-refractivity contribution in [3.05, 3.63) is 35.0 Å². The molecule has 106 valence electrons. The Balaban J connectivity index is 2.24. The Morgan fingerprint density at radius 3 is 2.80 bits per heavy atom. The highest BCUT2D eigenvalue weighted by Crippen LogP contribution is 2.33. The molecule has 1 aliphatic heterocycles. The minimum Gasteiger partial charge on any atom is -0.493 e. The first-order chi connectivity index (χ1) is 9.58. The van der Waals surface area contributed by atoms with Crippen LogP contribution in [0.4, 0.5) is 5.69 Å². The van der Waals surface area contributed by atoms with E-state index in [1.165, 1.54) is 13.2 Å². The maximum atomic E-state index is 12.0. The lowest BCUT2D eigenvalue weighted by atomic mass is 10.2. The van der Waals surface area contributed by atoms with Gasteiger partial charge in [0, 0.05) is 6.08 Å². The molecule has 0 atom stereocenters. The van der Waals surface area contributed by atoms with E-state index in [0.717, 1.165) is 4.90 Å². The van der Waals surface area contributed by atoms with Crippen LogP contribution in [0, 0.1) is 0 Å². The van der Waals surface area contributed by atoms with Gasteiger partial charge < -0.3 is 15.2 Å². The number of benzene rings is 1. The summed E-state index contributed by atoms with van der Waals surface area (Å²) in [5, 5.41) is 12.0. The fraction of sp³-hybridized carbons (Fsp3) is 0.231. The Hall–Kier alpha value is -2.05. The van der Waals surface area contributed by atoms with Crippen LogP contribution in [0.5, 0.6) is 5.75 Å². The molecule has 0 saturated carbocycles. The second-order valence-corrected chi connectivity index (χ2v) is 4.43. The molecular weight excluding hydrogens is 284 g/mol. The zero-order chi connectivity index (χ0) is 14.7. The second-order valence-electron chi connectivity index (χ2n) is 4.02. The van der Waals surface area contributed by atoms with Gasteiger partial charge in [0.05, 0.1) is 31.0 Å². The smallest absolute Gasteiger partial charge is 0.277 e. The van der Waals surface area contributed by atoms with Crippen molar-refractivity contribution in [3.63, 3.8) is 0 Å². The van der Waals surface area contributed by atoms with Crippen LogP contribution in [0.1, 0.15) is 0 Å². The third kappa shape index (κ3) is 2.61. The molecule has 1 aliphatic rings. The van der Waals surface area contributed by atoms with Crippen LogP contribution in [-0.4, -0.2) is 42.1 Å². The fourth-order valence-corrected chi connectivity index (χ4v) is 2.12. The summed E-state index contributed by atoms with van der Waals surface area (Å²) >= 11 is 5.98. The third-order valence-corrected chi connectivity index (χ3v) is 3.07. The predicted molar refractivity (Wildman–Crippen MR) is 73.5 cm³/mol. The van der Waals surface area contributed by atoms with E-state index in [-0.39, 0.29) is 18.8 Å². The van der Waals surface area contributed by atoms with E-state index in [4.69, 9.17) is 21.4 Å². The van der Waals surface area contributed by atoms with Gasteiger partial charge in [0.2, 0.25) is 0 Å². The fourth-order valence-electron chi connectivity index (χ4n) is 1.87. The van der Waals surface area contributed by atoms with Gasteiger partial charge in [-0.3, -0.25) is 14.5 Å². The second kappa shape index (κ2) is 5.94. The number of halogens is 1. The number of hydrogen-bond donors (Lipinski definition) is 2. The average molecular weight is 297 g/mol. The van der Waals surface area contributed by atoms with Crippen molar-refractivity contribution in [2.45, 2.75) is 0 Å².